The van der Waals surface area contributed by atoms with E-state index in [1.165, 1.54) is 36.4 Å². The molecule has 0 saturated carbocycles. The summed E-state index contributed by atoms with van der Waals surface area (Å²) in [5.41, 5.74) is -0.0494. The monoisotopic (exact) mass is 348 g/mol. The van der Waals surface area contributed by atoms with Gasteiger partial charge < -0.3 is 14.8 Å². The number of carbonyl (C=O) groups is 1. The van der Waals surface area contributed by atoms with Gasteiger partial charge in [0.1, 0.15) is 5.75 Å². The molecule has 0 spiro atoms. The van der Waals surface area contributed by atoms with Gasteiger partial charge in [-0.1, -0.05) is 12.1 Å². The van der Waals surface area contributed by atoms with E-state index in [9.17, 15) is 19.3 Å². The molecule has 0 fully saturated rings. The van der Waals surface area contributed by atoms with Crippen molar-refractivity contribution in [3.05, 3.63) is 64.5 Å². The van der Waals surface area contributed by atoms with Crippen molar-refractivity contribution in [2.75, 3.05) is 19.8 Å². The fourth-order valence-corrected chi connectivity index (χ4v) is 1.91. The highest BCUT2D eigenvalue weighted by atomic mass is 19.1. The molecule has 2 rings (SSSR count). The van der Waals surface area contributed by atoms with Crippen LogP contribution in [-0.2, 0) is 4.79 Å². The fraction of sp³-hybridized carbons (Fsp3) is 0.235. The molecule has 0 unspecified atom stereocenters. The van der Waals surface area contributed by atoms with E-state index in [4.69, 9.17) is 9.47 Å². The predicted octanol–water partition coefficient (Wildman–Crippen LogP) is 2.70. The Kier molecular flexibility index (Phi) is 6.70. The van der Waals surface area contributed by atoms with Crippen LogP contribution >= 0.6 is 0 Å². The number of nitro groups is 1. The molecule has 0 saturated heterocycles. The van der Waals surface area contributed by atoms with E-state index in [2.05, 4.69) is 5.32 Å². The number of halogens is 1. The van der Waals surface area contributed by atoms with E-state index in [1.807, 2.05) is 0 Å². The Bertz CT molecular complexity index is 721. The van der Waals surface area contributed by atoms with Crippen molar-refractivity contribution in [3.63, 3.8) is 0 Å². The molecule has 0 aliphatic carbocycles. The van der Waals surface area contributed by atoms with Crippen LogP contribution in [0.4, 0.5) is 10.1 Å². The molecule has 2 aromatic rings. The molecule has 0 radical (unpaired) electrons. The summed E-state index contributed by atoms with van der Waals surface area (Å²) in [7, 11) is 0. The lowest BCUT2D eigenvalue weighted by Gasteiger charge is -2.09. The van der Waals surface area contributed by atoms with Crippen molar-refractivity contribution in [2.24, 2.45) is 0 Å². The highest BCUT2D eigenvalue weighted by Gasteiger charge is 2.06. The summed E-state index contributed by atoms with van der Waals surface area (Å²) in [6, 6.07) is 11.5. The minimum Gasteiger partial charge on any atom is -0.490 e. The van der Waals surface area contributed by atoms with Crippen LogP contribution in [0.15, 0.2) is 48.5 Å². The molecule has 0 heterocycles. The van der Waals surface area contributed by atoms with Gasteiger partial charge in [0.05, 0.1) is 11.5 Å². The lowest BCUT2D eigenvalue weighted by molar-refractivity contribution is -0.384. The van der Waals surface area contributed by atoms with Gasteiger partial charge in [-0.25, -0.2) is 4.39 Å². The molecule has 1 N–H and O–H groups in total. The van der Waals surface area contributed by atoms with Gasteiger partial charge in [0.2, 0.25) is 0 Å². The van der Waals surface area contributed by atoms with Crippen molar-refractivity contribution in [2.45, 2.75) is 6.42 Å². The number of non-ortho nitro benzene ring substituents is 1. The van der Waals surface area contributed by atoms with Crippen molar-refractivity contribution >= 4 is 11.6 Å². The molecular formula is C17H17FN2O5. The van der Waals surface area contributed by atoms with Gasteiger partial charge in [0.15, 0.2) is 18.2 Å². The Balaban J connectivity index is 1.61. The second-order valence-corrected chi connectivity index (χ2v) is 5.02. The first-order chi connectivity index (χ1) is 12.1. The first-order valence-electron chi connectivity index (χ1n) is 7.57. The average molecular weight is 348 g/mol. The normalized spacial score (nSPS) is 10.1. The molecule has 1 amide bonds. The van der Waals surface area contributed by atoms with E-state index in [1.54, 1.807) is 12.1 Å². The lowest BCUT2D eigenvalue weighted by Crippen LogP contribution is -2.30. The maximum absolute atomic E-state index is 13.3. The fourth-order valence-electron chi connectivity index (χ4n) is 1.91. The maximum atomic E-state index is 13.3. The number of carbonyl (C=O) groups excluding carboxylic acids is 1. The van der Waals surface area contributed by atoms with E-state index in [0.717, 1.165) is 0 Å². The minimum absolute atomic E-state index is 0.0494. The van der Waals surface area contributed by atoms with E-state index >= 15 is 0 Å². The van der Waals surface area contributed by atoms with Crippen LogP contribution in [0.3, 0.4) is 0 Å². The van der Waals surface area contributed by atoms with Crippen LogP contribution in [0.5, 0.6) is 11.5 Å². The summed E-state index contributed by atoms with van der Waals surface area (Å²) < 4.78 is 23.8. The van der Waals surface area contributed by atoms with Gasteiger partial charge in [-0.3, -0.25) is 14.9 Å². The lowest BCUT2D eigenvalue weighted by atomic mass is 10.3. The SMILES string of the molecule is O=C(COc1ccc([N+](=O)[O-])cc1)NCCCOc1ccccc1F. The van der Waals surface area contributed by atoms with Crippen LogP contribution in [0.2, 0.25) is 0 Å². The van der Waals surface area contributed by atoms with Crippen LogP contribution < -0.4 is 14.8 Å². The van der Waals surface area contributed by atoms with Crippen molar-refractivity contribution < 1.29 is 23.6 Å². The van der Waals surface area contributed by atoms with Gasteiger partial charge in [0, 0.05) is 18.7 Å². The third-order valence-corrected chi connectivity index (χ3v) is 3.15. The van der Waals surface area contributed by atoms with Crippen LogP contribution in [0, 0.1) is 15.9 Å². The van der Waals surface area contributed by atoms with Crippen LogP contribution in [0.25, 0.3) is 0 Å². The zero-order valence-corrected chi connectivity index (χ0v) is 13.3. The first kappa shape index (κ1) is 18.2. The smallest absolute Gasteiger partial charge is 0.269 e. The standard InChI is InChI=1S/C17H17FN2O5/c18-15-4-1-2-5-16(15)24-11-3-10-19-17(21)12-25-14-8-6-13(7-9-14)20(22)23/h1-2,4-9H,3,10-12H2,(H,19,21). The van der Waals surface area contributed by atoms with E-state index in [0.29, 0.717) is 18.7 Å². The summed E-state index contributed by atoms with van der Waals surface area (Å²) in [5.74, 6) is -0.216. The van der Waals surface area contributed by atoms with E-state index in [-0.39, 0.29) is 30.6 Å². The van der Waals surface area contributed by atoms with Gasteiger partial charge in [-0.2, -0.15) is 0 Å². The number of hydrogen-bond donors (Lipinski definition) is 1. The molecule has 0 aliphatic rings. The number of rotatable bonds is 9. The third kappa shape index (κ3) is 6.09. The van der Waals surface area contributed by atoms with Crippen LogP contribution in [-0.4, -0.2) is 30.6 Å². The average Bonchev–Trinajstić information content (AvgIpc) is 2.61. The summed E-state index contributed by atoms with van der Waals surface area (Å²) in [6.45, 7) is 0.424. The Hall–Kier alpha value is -3.16. The molecule has 0 bridgehead atoms. The topological polar surface area (TPSA) is 90.7 Å². The molecule has 2 aromatic carbocycles. The van der Waals surface area contributed by atoms with Gasteiger partial charge in [-0.15, -0.1) is 0 Å². The molecule has 25 heavy (non-hydrogen) atoms. The van der Waals surface area contributed by atoms with E-state index < -0.39 is 10.7 Å². The van der Waals surface area contributed by atoms with Gasteiger partial charge in [-0.05, 0) is 30.7 Å². The molecule has 0 atom stereocenters. The van der Waals surface area contributed by atoms with Gasteiger partial charge in [0.25, 0.3) is 11.6 Å². The third-order valence-electron chi connectivity index (χ3n) is 3.15. The molecule has 8 heteroatoms. The van der Waals surface area contributed by atoms with Gasteiger partial charge >= 0.3 is 0 Å². The molecule has 0 aliphatic heterocycles. The number of nitrogens with zero attached hydrogens (tertiary/aromatic N) is 1. The molecule has 132 valence electrons. The van der Waals surface area contributed by atoms with Crippen molar-refractivity contribution in [1.29, 1.82) is 0 Å². The Morgan fingerprint density at radius 1 is 1.12 bits per heavy atom. The summed E-state index contributed by atoms with van der Waals surface area (Å²) in [4.78, 5) is 21.6. The highest BCUT2D eigenvalue weighted by Crippen LogP contribution is 2.17. The number of nitrogens with one attached hydrogen (secondary N) is 1. The summed E-state index contributed by atoms with van der Waals surface area (Å²) in [6.07, 6.45) is 0.512. The Morgan fingerprint density at radius 3 is 2.52 bits per heavy atom. The second-order valence-electron chi connectivity index (χ2n) is 5.02. The maximum Gasteiger partial charge on any atom is 0.269 e. The number of hydrogen-bond acceptors (Lipinski definition) is 5. The Labute approximate surface area is 143 Å². The quantitative estimate of drug-likeness (QED) is 0.427. The summed E-state index contributed by atoms with van der Waals surface area (Å²) >= 11 is 0. The van der Waals surface area contributed by atoms with Crippen molar-refractivity contribution in [1.82, 2.24) is 5.32 Å². The summed E-state index contributed by atoms with van der Waals surface area (Å²) in [5, 5.41) is 13.2. The predicted molar refractivity (Wildman–Crippen MR) is 88.1 cm³/mol. The minimum atomic E-state index is -0.514. The van der Waals surface area contributed by atoms with Crippen molar-refractivity contribution in [3.8, 4) is 11.5 Å². The largest absolute Gasteiger partial charge is 0.490 e. The zero-order valence-electron chi connectivity index (χ0n) is 13.3. The second kappa shape index (κ2) is 9.21. The number of para-hydroxylation sites is 1. The molecule has 0 aromatic heterocycles. The molecule has 7 nitrogen and oxygen atoms in total. The van der Waals surface area contributed by atoms with Crippen LogP contribution in [0.1, 0.15) is 6.42 Å². The number of benzene rings is 2. The number of nitro benzene ring substituents is 1. The Morgan fingerprint density at radius 2 is 1.84 bits per heavy atom. The highest BCUT2D eigenvalue weighted by molar-refractivity contribution is 5.77. The number of ether oxygens (including phenoxy) is 2. The molecular weight excluding hydrogens is 331 g/mol. The zero-order chi connectivity index (χ0) is 18.1. The first-order valence-corrected chi connectivity index (χ1v) is 7.57. The number of amides is 1.